The third kappa shape index (κ3) is 5.38. The second-order valence-electron chi connectivity index (χ2n) is 8.87. The Morgan fingerprint density at radius 3 is 2.29 bits per heavy atom. The van der Waals surface area contributed by atoms with E-state index in [4.69, 9.17) is 4.74 Å². The molecular formula is C27H32N4O4. The highest BCUT2D eigenvalue weighted by Gasteiger charge is 2.37. The Kier molecular flexibility index (Phi) is 7.51. The maximum Gasteiger partial charge on any atom is 0.338 e. The molecule has 2 aromatic rings. The van der Waals surface area contributed by atoms with Crippen LogP contribution in [0.1, 0.15) is 34.5 Å². The molecule has 0 bridgehead atoms. The Labute approximate surface area is 206 Å². The van der Waals surface area contributed by atoms with Crippen LogP contribution in [0.15, 0.2) is 65.9 Å². The summed E-state index contributed by atoms with van der Waals surface area (Å²) >= 11 is 0. The molecule has 3 amide bonds. The fraction of sp³-hybridized carbons (Fsp3) is 0.370. The molecule has 0 radical (unpaired) electrons. The van der Waals surface area contributed by atoms with E-state index >= 15 is 0 Å². The highest BCUT2D eigenvalue weighted by molar-refractivity contribution is 5.95. The van der Waals surface area contributed by atoms with Gasteiger partial charge in [-0.15, -0.1) is 0 Å². The Balaban J connectivity index is 1.57. The number of hydrogen-bond acceptors (Lipinski definition) is 5. The van der Waals surface area contributed by atoms with Crippen LogP contribution in [0.5, 0.6) is 0 Å². The van der Waals surface area contributed by atoms with Gasteiger partial charge >= 0.3 is 12.0 Å². The van der Waals surface area contributed by atoms with Gasteiger partial charge in [0.05, 0.1) is 18.2 Å². The summed E-state index contributed by atoms with van der Waals surface area (Å²) in [6.07, 6.45) is 0. The zero-order chi connectivity index (χ0) is 24.9. The van der Waals surface area contributed by atoms with Crippen LogP contribution >= 0.6 is 0 Å². The predicted molar refractivity (Wildman–Crippen MR) is 133 cm³/mol. The molecule has 35 heavy (non-hydrogen) atoms. The zero-order valence-corrected chi connectivity index (χ0v) is 20.5. The molecule has 1 atom stereocenters. The number of benzene rings is 2. The summed E-state index contributed by atoms with van der Waals surface area (Å²) in [5, 5.41) is 2.96. The summed E-state index contributed by atoms with van der Waals surface area (Å²) < 4.78 is 5.41. The van der Waals surface area contributed by atoms with E-state index in [1.807, 2.05) is 66.4 Å². The number of aryl methyl sites for hydroxylation is 1. The van der Waals surface area contributed by atoms with E-state index in [0.717, 1.165) is 11.1 Å². The van der Waals surface area contributed by atoms with Crippen molar-refractivity contribution in [3.63, 3.8) is 0 Å². The Morgan fingerprint density at radius 2 is 1.66 bits per heavy atom. The number of amides is 3. The maximum atomic E-state index is 13.1. The maximum absolute atomic E-state index is 13.1. The van der Waals surface area contributed by atoms with E-state index in [-0.39, 0.29) is 18.5 Å². The summed E-state index contributed by atoms with van der Waals surface area (Å²) in [6, 6.07) is 16.2. The lowest BCUT2D eigenvalue weighted by Crippen LogP contribution is -2.53. The number of nitrogens with zero attached hydrogens (tertiary/aromatic N) is 3. The number of esters is 1. The summed E-state index contributed by atoms with van der Waals surface area (Å²) in [4.78, 5) is 44.3. The molecule has 2 aliphatic rings. The van der Waals surface area contributed by atoms with Crippen LogP contribution in [-0.4, -0.2) is 79.0 Å². The molecular weight excluding hydrogens is 444 g/mol. The van der Waals surface area contributed by atoms with E-state index in [2.05, 4.69) is 10.2 Å². The molecule has 0 spiro atoms. The smallest absolute Gasteiger partial charge is 0.338 e. The number of carbonyl (C=O) groups is 3. The molecule has 2 aromatic carbocycles. The van der Waals surface area contributed by atoms with Gasteiger partial charge in [0.2, 0.25) is 0 Å². The van der Waals surface area contributed by atoms with E-state index in [9.17, 15) is 14.4 Å². The van der Waals surface area contributed by atoms with Gasteiger partial charge in [-0.05, 0) is 31.5 Å². The van der Waals surface area contributed by atoms with Gasteiger partial charge in [0.25, 0.3) is 5.91 Å². The molecule has 2 aliphatic heterocycles. The Bertz CT molecular complexity index is 1110. The van der Waals surface area contributed by atoms with Gasteiger partial charge in [0, 0.05) is 51.0 Å². The Hall–Kier alpha value is -3.65. The van der Waals surface area contributed by atoms with Crippen LogP contribution in [-0.2, 0) is 9.53 Å². The first-order valence-corrected chi connectivity index (χ1v) is 12.0. The number of ether oxygens (including phenoxy) is 1. The van der Waals surface area contributed by atoms with Gasteiger partial charge < -0.3 is 15.0 Å². The van der Waals surface area contributed by atoms with E-state index in [1.54, 1.807) is 14.0 Å². The average molecular weight is 477 g/mol. The largest absolute Gasteiger partial charge is 0.463 e. The van der Waals surface area contributed by atoms with Crippen molar-refractivity contribution in [1.29, 1.82) is 0 Å². The van der Waals surface area contributed by atoms with Gasteiger partial charge in [-0.1, -0.05) is 48.0 Å². The molecule has 0 aromatic heterocycles. The van der Waals surface area contributed by atoms with Crippen molar-refractivity contribution < 1.29 is 19.1 Å². The van der Waals surface area contributed by atoms with Crippen LogP contribution in [0.2, 0.25) is 0 Å². The molecule has 184 valence electrons. The minimum absolute atomic E-state index is 0.0188. The number of carbonyl (C=O) groups excluding carboxylic acids is 3. The van der Waals surface area contributed by atoms with E-state index in [1.165, 1.54) is 4.90 Å². The number of rotatable bonds is 6. The fourth-order valence-corrected chi connectivity index (χ4v) is 4.49. The van der Waals surface area contributed by atoms with Crippen molar-refractivity contribution in [2.24, 2.45) is 0 Å². The van der Waals surface area contributed by atoms with Crippen molar-refractivity contribution in [2.75, 3.05) is 46.4 Å². The first-order chi connectivity index (χ1) is 16.9. The molecule has 0 unspecified atom stereocenters. The third-order valence-electron chi connectivity index (χ3n) is 6.54. The molecule has 1 fully saturated rings. The lowest BCUT2D eigenvalue weighted by atomic mass is 9.93. The Morgan fingerprint density at radius 1 is 1.00 bits per heavy atom. The summed E-state index contributed by atoms with van der Waals surface area (Å²) in [6.45, 7) is 6.85. The lowest BCUT2D eigenvalue weighted by Gasteiger charge is -2.39. The predicted octanol–water partition coefficient (Wildman–Crippen LogP) is 2.97. The van der Waals surface area contributed by atoms with Crippen molar-refractivity contribution in [3.05, 3.63) is 82.6 Å². The molecule has 8 heteroatoms. The topological polar surface area (TPSA) is 82.2 Å². The van der Waals surface area contributed by atoms with E-state index in [0.29, 0.717) is 49.6 Å². The van der Waals surface area contributed by atoms with Crippen molar-refractivity contribution >= 4 is 17.9 Å². The molecule has 1 saturated heterocycles. The normalized spacial score (nSPS) is 18.9. The first kappa shape index (κ1) is 24.5. The van der Waals surface area contributed by atoms with Gasteiger partial charge in [-0.3, -0.25) is 14.6 Å². The monoisotopic (exact) mass is 476 g/mol. The van der Waals surface area contributed by atoms with Gasteiger partial charge in [-0.25, -0.2) is 9.59 Å². The second-order valence-corrected chi connectivity index (χ2v) is 8.87. The van der Waals surface area contributed by atoms with Crippen LogP contribution in [0.4, 0.5) is 4.79 Å². The number of hydrogen-bond donors (Lipinski definition) is 1. The van der Waals surface area contributed by atoms with Crippen LogP contribution in [0.3, 0.4) is 0 Å². The van der Waals surface area contributed by atoms with Crippen LogP contribution in [0, 0.1) is 6.92 Å². The molecule has 8 nitrogen and oxygen atoms in total. The zero-order valence-electron chi connectivity index (χ0n) is 20.5. The van der Waals surface area contributed by atoms with Crippen molar-refractivity contribution in [1.82, 2.24) is 20.0 Å². The molecule has 4 rings (SSSR count). The fourth-order valence-electron chi connectivity index (χ4n) is 4.49. The summed E-state index contributed by atoms with van der Waals surface area (Å²) in [7, 11) is 1.67. The highest BCUT2D eigenvalue weighted by Crippen LogP contribution is 2.31. The van der Waals surface area contributed by atoms with Crippen LogP contribution < -0.4 is 5.32 Å². The van der Waals surface area contributed by atoms with Crippen LogP contribution in [0.25, 0.3) is 0 Å². The second kappa shape index (κ2) is 10.7. The minimum atomic E-state index is -0.589. The third-order valence-corrected chi connectivity index (χ3v) is 6.54. The quantitative estimate of drug-likeness (QED) is 0.649. The number of likely N-dealkylation sites (N-methyl/N-ethyl adjacent to an activating group) is 1. The molecule has 1 N–H and O–H groups in total. The number of piperazine rings is 1. The first-order valence-electron chi connectivity index (χ1n) is 12.0. The van der Waals surface area contributed by atoms with Crippen molar-refractivity contribution in [3.8, 4) is 0 Å². The van der Waals surface area contributed by atoms with Gasteiger partial charge in [0.15, 0.2) is 0 Å². The van der Waals surface area contributed by atoms with Gasteiger partial charge in [-0.2, -0.15) is 0 Å². The average Bonchev–Trinajstić information content (AvgIpc) is 2.88. The highest BCUT2D eigenvalue weighted by atomic mass is 16.5. The van der Waals surface area contributed by atoms with Crippen molar-refractivity contribution in [2.45, 2.75) is 19.9 Å². The number of urea groups is 1. The van der Waals surface area contributed by atoms with E-state index < -0.39 is 12.0 Å². The summed E-state index contributed by atoms with van der Waals surface area (Å²) in [5.74, 6) is -0.414. The SMILES string of the molecule is CCOC(=O)C1=C(CN2CCN(C(=O)c3ccccc3)CC2)N(C)C(=O)N[C@@H]1c1ccc(C)cc1. The standard InChI is InChI=1S/C27H32N4O4/c1-4-35-26(33)23-22(29(3)27(34)28-24(23)20-12-10-19(2)11-13-20)18-30-14-16-31(17-15-30)25(32)21-8-6-5-7-9-21/h5-13,24H,4,14-18H2,1-3H3,(H,28,34)/t24-/m1/s1. The van der Waals surface area contributed by atoms with Gasteiger partial charge in [0.1, 0.15) is 0 Å². The summed E-state index contributed by atoms with van der Waals surface area (Å²) in [5.41, 5.74) is 3.67. The molecule has 0 saturated carbocycles. The molecule has 0 aliphatic carbocycles. The minimum Gasteiger partial charge on any atom is -0.463 e. The lowest BCUT2D eigenvalue weighted by molar-refractivity contribution is -0.139. The number of nitrogens with one attached hydrogen (secondary N) is 1. The molecule has 2 heterocycles.